The summed E-state index contributed by atoms with van der Waals surface area (Å²) in [6.45, 7) is 1.05. The molecule has 2 amide bonds. The van der Waals surface area contributed by atoms with Gasteiger partial charge in [0.2, 0.25) is 0 Å². The monoisotopic (exact) mass is 355 g/mol. The molecule has 0 bridgehead atoms. The van der Waals surface area contributed by atoms with Crippen molar-refractivity contribution in [2.45, 2.75) is 6.04 Å². The van der Waals surface area contributed by atoms with Crippen LogP contribution >= 0.6 is 11.6 Å². The fourth-order valence-electron chi connectivity index (χ4n) is 3.16. The van der Waals surface area contributed by atoms with Crippen LogP contribution in [-0.2, 0) is 4.74 Å². The second-order valence-electron chi connectivity index (χ2n) is 5.77. The Balaban J connectivity index is 1.66. The SMILES string of the molecule is O=C(c1[nH]c2ccc(F)c(Cl)c2c1F)N1CCN2C(=O)OCC2C1. The number of carbonyl (C=O) groups excluding carboxylic acids is 2. The molecule has 3 heterocycles. The zero-order valence-corrected chi connectivity index (χ0v) is 13.1. The number of carbonyl (C=O) groups is 2. The Hall–Kier alpha value is -2.35. The Kier molecular flexibility index (Phi) is 3.38. The second-order valence-corrected chi connectivity index (χ2v) is 6.15. The average molecular weight is 356 g/mol. The quantitative estimate of drug-likeness (QED) is 0.854. The number of amides is 2. The van der Waals surface area contributed by atoms with Gasteiger partial charge in [0.05, 0.1) is 22.0 Å². The molecule has 0 spiro atoms. The van der Waals surface area contributed by atoms with Gasteiger partial charge in [-0.15, -0.1) is 0 Å². The van der Waals surface area contributed by atoms with Gasteiger partial charge in [-0.3, -0.25) is 9.69 Å². The van der Waals surface area contributed by atoms with E-state index in [1.165, 1.54) is 11.0 Å². The molecule has 4 rings (SSSR count). The van der Waals surface area contributed by atoms with E-state index >= 15 is 0 Å². The number of rotatable bonds is 1. The van der Waals surface area contributed by atoms with Gasteiger partial charge in [-0.05, 0) is 12.1 Å². The third kappa shape index (κ3) is 2.13. The Morgan fingerprint density at radius 2 is 2.12 bits per heavy atom. The lowest BCUT2D eigenvalue weighted by Gasteiger charge is -2.35. The lowest BCUT2D eigenvalue weighted by atomic mass is 10.2. The Bertz CT molecular complexity index is 869. The van der Waals surface area contributed by atoms with Gasteiger partial charge in [-0.2, -0.15) is 0 Å². The smallest absolute Gasteiger partial charge is 0.410 e. The number of hydrogen-bond acceptors (Lipinski definition) is 3. The van der Waals surface area contributed by atoms with Crippen LogP contribution in [-0.4, -0.2) is 59.1 Å². The molecule has 2 aliphatic heterocycles. The van der Waals surface area contributed by atoms with Crippen molar-refractivity contribution in [3.63, 3.8) is 0 Å². The fourth-order valence-corrected chi connectivity index (χ4v) is 3.41. The summed E-state index contributed by atoms with van der Waals surface area (Å²) in [5.41, 5.74) is -0.0172. The van der Waals surface area contributed by atoms with Crippen LogP contribution in [0.15, 0.2) is 12.1 Å². The van der Waals surface area contributed by atoms with E-state index in [1.807, 2.05) is 0 Å². The molecular weight excluding hydrogens is 344 g/mol. The molecule has 6 nitrogen and oxygen atoms in total. The van der Waals surface area contributed by atoms with Crippen LogP contribution in [0.1, 0.15) is 10.5 Å². The summed E-state index contributed by atoms with van der Waals surface area (Å²) >= 11 is 5.80. The van der Waals surface area contributed by atoms with E-state index in [0.29, 0.717) is 6.54 Å². The maximum absolute atomic E-state index is 14.6. The van der Waals surface area contributed by atoms with Gasteiger partial charge < -0.3 is 14.6 Å². The normalized spacial score (nSPS) is 20.5. The number of ether oxygens (including phenoxy) is 1. The van der Waals surface area contributed by atoms with Crippen molar-refractivity contribution in [1.29, 1.82) is 0 Å². The van der Waals surface area contributed by atoms with Crippen LogP contribution in [0, 0.1) is 11.6 Å². The van der Waals surface area contributed by atoms with Crippen molar-refractivity contribution in [2.24, 2.45) is 0 Å². The third-order valence-corrected chi connectivity index (χ3v) is 4.78. The highest BCUT2D eigenvalue weighted by Crippen LogP contribution is 2.31. The summed E-state index contributed by atoms with van der Waals surface area (Å²) in [7, 11) is 0. The average Bonchev–Trinajstić information content (AvgIpc) is 3.11. The van der Waals surface area contributed by atoms with Crippen molar-refractivity contribution >= 4 is 34.5 Å². The number of nitrogens with zero attached hydrogens (tertiary/aromatic N) is 2. The molecule has 2 saturated heterocycles. The third-order valence-electron chi connectivity index (χ3n) is 4.41. The number of nitrogens with one attached hydrogen (secondary N) is 1. The van der Waals surface area contributed by atoms with Crippen molar-refractivity contribution in [2.75, 3.05) is 26.2 Å². The number of hydrogen-bond donors (Lipinski definition) is 1. The summed E-state index contributed by atoms with van der Waals surface area (Å²) in [6, 6.07) is 2.20. The molecule has 0 aliphatic carbocycles. The molecule has 24 heavy (non-hydrogen) atoms. The van der Waals surface area contributed by atoms with Crippen LogP contribution in [0.25, 0.3) is 10.9 Å². The number of fused-ring (bicyclic) bond motifs is 2. The van der Waals surface area contributed by atoms with E-state index in [9.17, 15) is 18.4 Å². The van der Waals surface area contributed by atoms with E-state index in [0.717, 1.165) is 6.07 Å². The number of H-pyrrole nitrogens is 1. The lowest BCUT2D eigenvalue weighted by Crippen LogP contribution is -2.53. The van der Waals surface area contributed by atoms with E-state index in [4.69, 9.17) is 16.3 Å². The molecule has 2 aliphatic rings. The first-order valence-corrected chi connectivity index (χ1v) is 7.73. The zero-order valence-electron chi connectivity index (χ0n) is 12.3. The molecule has 0 radical (unpaired) electrons. The molecule has 0 saturated carbocycles. The Morgan fingerprint density at radius 1 is 1.33 bits per heavy atom. The molecule has 2 fully saturated rings. The molecule has 1 aromatic carbocycles. The van der Waals surface area contributed by atoms with Crippen LogP contribution in [0.2, 0.25) is 5.02 Å². The van der Waals surface area contributed by atoms with Gasteiger partial charge in [-0.1, -0.05) is 11.6 Å². The molecule has 2 aromatic rings. The molecule has 9 heteroatoms. The summed E-state index contributed by atoms with van der Waals surface area (Å²) in [4.78, 5) is 29.8. The van der Waals surface area contributed by atoms with Gasteiger partial charge in [0, 0.05) is 19.6 Å². The number of piperazine rings is 1. The number of benzene rings is 1. The largest absolute Gasteiger partial charge is 0.447 e. The van der Waals surface area contributed by atoms with Gasteiger partial charge in [0.1, 0.15) is 18.1 Å². The predicted octanol–water partition coefficient (Wildman–Crippen LogP) is 2.38. The van der Waals surface area contributed by atoms with Crippen LogP contribution in [0.4, 0.5) is 13.6 Å². The van der Waals surface area contributed by atoms with Crippen LogP contribution in [0.5, 0.6) is 0 Å². The molecule has 1 unspecified atom stereocenters. The number of halogens is 3. The number of aromatic amines is 1. The fraction of sp³-hybridized carbons (Fsp3) is 0.333. The van der Waals surface area contributed by atoms with Gasteiger partial charge >= 0.3 is 6.09 Å². The van der Waals surface area contributed by atoms with E-state index in [-0.39, 0.29) is 47.4 Å². The zero-order chi connectivity index (χ0) is 17.0. The maximum Gasteiger partial charge on any atom is 0.410 e. The Morgan fingerprint density at radius 3 is 2.92 bits per heavy atom. The molecule has 1 atom stereocenters. The van der Waals surface area contributed by atoms with Crippen molar-refractivity contribution in [3.8, 4) is 0 Å². The minimum atomic E-state index is -0.874. The molecule has 126 valence electrons. The molecular formula is C15H12ClF2N3O3. The van der Waals surface area contributed by atoms with Crippen molar-refractivity contribution < 1.29 is 23.1 Å². The number of aromatic nitrogens is 1. The first-order chi connectivity index (χ1) is 11.5. The van der Waals surface area contributed by atoms with Crippen LogP contribution in [0.3, 0.4) is 0 Å². The minimum Gasteiger partial charge on any atom is -0.447 e. The minimum absolute atomic E-state index is 0.141. The van der Waals surface area contributed by atoms with Gasteiger partial charge in [-0.25, -0.2) is 13.6 Å². The second kappa shape index (κ2) is 5.34. The maximum atomic E-state index is 14.6. The molecule has 1 aromatic heterocycles. The summed E-state index contributed by atoms with van der Waals surface area (Å²) in [5.74, 6) is -2.18. The summed E-state index contributed by atoms with van der Waals surface area (Å²) in [5, 5.41) is -0.502. The van der Waals surface area contributed by atoms with Crippen molar-refractivity contribution in [1.82, 2.24) is 14.8 Å². The summed E-state index contributed by atoms with van der Waals surface area (Å²) < 4.78 is 33.0. The predicted molar refractivity (Wildman–Crippen MR) is 81.0 cm³/mol. The van der Waals surface area contributed by atoms with E-state index in [1.54, 1.807) is 4.90 Å². The lowest BCUT2D eigenvalue weighted by molar-refractivity contribution is 0.0607. The van der Waals surface area contributed by atoms with E-state index < -0.39 is 23.6 Å². The highest BCUT2D eigenvalue weighted by molar-refractivity contribution is 6.35. The topological polar surface area (TPSA) is 65.6 Å². The number of cyclic esters (lactones) is 1. The van der Waals surface area contributed by atoms with Gasteiger partial charge in [0.15, 0.2) is 5.82 Å². The van der Waals surface area contributed by atoms with Crippen LogP contribution < -0.4 is 0 Å². The van der Waals surface area contributed by atoms with Crippen molar-refractivity contribution in [3.05, 3.63) is 34.5 Å². The highest BCUT2D eigenvalue weighted by atomic mass is 35.5. The van der Waals surface area contributed by atoms with E-state index in [2.05, 4.69) is 4.98 Å². The molecule has 1 N–H and O–H groups in total. The standard InChI is InChI=1S/C15H12ClF2N3O3/c16-11-8(17)1-2-9-10(11)12(18)13(19-9)14(22)20-3-4-21-7(5-20)6-24-15(21)23/h1-2,7,19H,3-6H2. The van der Waals surface area contributed by atoms with Gasteiger partial charge in [0.25, 0.3) is 5.91 Å². The first kappa shape index (κ1) is 15.2. The first-order valence-electron chi connectivity index (χ1n) is 7.35. The Labute approximate surface area is 139 Å². The summed E-state index contributed by atoms with van der Waals surface area (Å²) in [6.07, 6.45) is -0.397. The highest BCUT2D eigenvalue weighted by Gasteiger charge is 2.39.